The summed E-state index contributed by atoms with van der Waals surface area (Å²) in [6, 6.07) is 12.5. The summed E-state index contributed by atoms with van der Waals surface area (Å²) in [5.74, 6) is -0.0264. The topological polar surface area (TPSA) is 99.6 Å². The first-order valence-corrected chi connectivity index (χ1v) is 14.5. The third-order valence-electron chi connectivity index (χ3n) is 5.98. The highest BCUT2D eigenvalue weighted by Crippen LogP contribution is 2.39. The van der Waals surface area contributed by atoms with Crippen LogP contribution >= 0.6 is 23.5 Å². The van der Waals surface area contributed by atoms with Crippen molar-refractivity contribution >= 4 is 50.4 Å². The summed E-state index contributed by atoms with van der Waals surface area (Å²) in [5.41, 5.74) is 1.55. The number of amides is 1. The minimum absolute atomic E-state index is 0.0200. The van der Waals surface area contributed by atoms with Gasteiger partial charge in [-0.1, -0.05) is 30.3 Å². The van der Waals surface area contributed by atoms with Gasteiger partial charge in [-0.2, -0.15) is 29.2 Å². The van der Waals surface area contributed by atoms with E-state index >= 15 is 0 Å². The zero-order chi connectivity index (χ0) is 27.0. The molecule has 1 aliphatic rings. The predicted molar refractivity (Wildman–Crippen MR) is 137 cm³/mol. The van der Waals surface area contributed by atoms with Gasteiger partial charge in [-0.25, -0.2) is 18.9 Å². The molecule has 1 saturated heterocycles. The molecule has 0 bridgehead atoms. The molecule has 13 heteroatoms. The van der Waals surface area contributed by atoms with Gasteiger partial charge in [0.1, 0.15) is 11.7 Å². The van der Waals surface area contributed by atoms with E-state index < -0.39 is 38.6 Å². The smallest absolute Gasteiger partial charge is 0.289 e. The van der Waals surface area contributed by atoms with Crippen molar-refractivity contribution < 1.29 is 31.6 Å². The van der Waals surface area contributed by atoms with Gasteiger partial charge in [-0.3, -0.25) is 10.0 Å². The minimum atomic E-state index is -4.58. The van der Waals surface area contributed by atoms with Crippen LogP contribution in [0.3, 0.4) is 0 Å². The Morgan fingerprint density at radius 3 is 2.54 bits per heavy atom. The zero-order valence-electron chi connectivity index (χ0n) is 19.8. The molecule has 0 unspecified atom stereocenters. The second kappa shape index (κ2) is 10.4. The van der Waals surface area contributed by atoms with Crippen molar-refractivity contribution in [1.82, 2.24) is 14.8 Å². The Morgan fingerprint density at radius 2 is 1.89 bits per heavy atom. The molecule has 37 heavy (non-hydrogen) atoms. The Kier molecular flexibility index (Phi) is 7.82. The molecule has 1 aromatic heterocycles. The van der Waals surface area contributed by atoms with Gasteiger partial charge in [0.2, 0.25) is 10.0 Å². The van der Waals surface area contributed by atoms with E-state index in [1.807, 2.05) is 0 Å². The maximum Gasteiger partial charge on any atom is 0.433 e. The highest BCUT2D eigenvalue weighted by Gasteiger charge is 2.48. The third kappa shape index (κ3) is 5.75. The lowest BCUT2D eigenvalue weighted by molar-refractivity contribution is -0.141. The van der Waals surface area contributed by atoms with E-state index in [4.69, 9.17) is 0 Å². The monoisotopic (exact) mass is 571 g/mol. The molecule has 0 radical (unpaired) electrons. The van der Waals surface area contributed by atoms with E-state index in [1.165, 1.54) is 41.7 Å². The molecule has 7 nitrogen and oxygen atoms in total. The van der Waals surface area contributed by atoms with Gasteiger partial charge in [-0.15, -0.1) is 11.8 Å². The number of para-hydroxylation sites is 1. The minimum Gasteiger partial charge on any atom is -0.289 e. The van der Waals surface area contributed by atoms with Crippen LogP contribution in [0.2, 0.25) is 0 Å². The number of alkyl halides is 3. The number of aromatic nitrogens is 1. The molecular formula is C24H24F3N3O4S3. The van der Waals surface area contributed by atoms with Crippen LogP contribution in [0.25, 0.3) is 10.9 Å². The van der Waals surface area contributed by atoms with Gasteiger partial charge in [0.15, 0.2) is 0 Å². The number of nitrogens with one attached hydrogen (secondary N) is 1. The van der Waals surface area contributed by atoms with E-state index in [0.29, 0.717) is 27.4 Å². The van der Waals surface area contributed by atoms with E-state index in [1.54, 1.807) is 49.7 Å². The Bertz CT molecular complexity index is 1410. The van der Waals surface area contributed by atoms with Crippen molar-refractivity contribution in [3.63, 3.8) is 0 Å². The molecule has 2 aromatic carbocycles. The van der Waals surface area contributed by atoms with Crippen molar-refractivity contribution in [2.45, 2.75) is 46.4 Å². The lowest BCUT2D eigenvalue weighted by Gasteiger charge is -2.43. The molecule has 1 atom stereocenters. The maximum absolute atomic E-state index is 13.4. The first kappa shape index (κ1) is 27.7. The molecule has 1 amide bonds. The molecule has 0 saturated carbocycles. The fourth-order valence-corrected chi connectivity index (χ4v) is 8.33. The summed E-state index contributed by atoms with van der Waals surface area (Å²) in [5, 5.41) is 9.79. The normalized spacial score (nSPS) is 18.6. The predicted octanol–water partition coefficient (Wildman–Crippen LogP) is 4.94. The number of hydrogen-bond donors (Lipinski definition) is 2. The lowest BCUT2D eigenvalue weighted by atomic mass is 10.0. The van der Waals surface area contributed by atoms with Crippen LogP contribution in [0.5, 0.6) is 0 Å². The molecule has 2 N–H and O–H groups in total. The molecule has 0 spiro atoms. The van der Waals surface area contributed by atoms with Crippen LogP contribution < -0.4 is 5.48 Å². The highest BCUT2D eigenvalue weighted by molar-refractivity contribution is 8.01. The summed E-state index contributed by atoms with van der Waals surface area (Å²) in [7, 11) is -4.06. The average molecular weight is 572 g/mol. The Hall–Kier alpha value is -2.32. The third-order valence-corrected chi connectivity index (χ3v) is 10.3. The number of pyridine rings is 1. The molecule has 1 fully saturated rings. The Morgan fingerprint density at radius 1 is 1.22 bits per heavy atom. The number of thioether (sulfide) groups is 2. The number of nitrogens with zero attached hydrogens (tertiary/aromatic N) is 2. The highest BCUT2D eigenvalue weighted by atomic mass is 32.2. The SMILES string of the molecule is CC1(C)SCCN(S(=O)(=O)c2ccc(CSc3cc(C(F)(F)F)nc4ccccc34)cc2)[C@H]1C(=O)NO. The summed E-state index contributed by atoms with van der Waals surface area (Å²) in [6.45, 7) is 3.59. The van der Waals surface area contributed by atoms with Crippen molar-refractivity contribution in [2.75, 3.05) is 12.3 Å². The van der Waals surface area contributed by atoms with Crippen molar-refractivity contribution in [2.24, 2.45) is 0 Å². The first-order chi connectivity index (χ1) is 17.3. The van der Waals surface area contributed by atoms with E-state index in [-0.39, 0.29) is 17.0 Å². The van der Waals surface area contributed by atoms with Crippen LogP contribution in [0.4, 0.5) is 13.2 Å². The average Bonchev–Trinajstić information content (AvgIpc) is 2.85. The number of halogens is 3. The number of carbonyl (C=O) groups excluding carboxylic acids is 1. The largest absolute Gasteiger partial charge is 0.433 e. The number of carbonyl (C=O) groups is 1. The van der Waals surface area contributed by atoms with Crippen LogP contribution in [-0.4, -0.2) is 51.9 Å². The number of hydroxylamine groups is 1. The van der Waals surface area contributed by atoms with Crippen LogP contribution in [-0.2, 0) is 26.7 Å². The molecule has 2 heterocycles. The molecular weight excluding hydrogens is 547 g/mol. The van der Waals surface area contributed by atoms with E-state index in [2.05, 4.69) is 4.98 Å². The number of hydrogen-bond acceptors (Lipinski definition) is 7. The number of sulfonamides is 1. The molecule has 1 aliphatic heterocycles. The van der Waals surface area contributed by atoms with Gasteiger partial charge in [0, 0.05) is 33.1 Å². The zero-order valence-corrected chi connectivity index (χ0v) is 22.3. The fraction of sp³-hybridized carbons (Fsp3) is 0.333. The summed E-state index contributed by atoms with van der Waals surface area (Å²) < 4.78 is 67.2. The Balaban J connectivity index is 1.57. The molecule has 4 rings (SSSR count). The van der Waals surface area contributed by atoms with E-state index in [0.717, 1.165) is 10.4 Å². The molecule has 3 aromatic rings. The van der Waals surface area contributed by atoms with Crippen molar-refractivity contribution in [3.05, 3.63) is 65.9 Å². The number of benzene rings is 2. The summed E-state index contributed by atoms with van der Waals surface area (Å²) in [6.07, 6.45) is -4.58. The van der Waals surface area contributed by atoms with Crippen molar-refractivity contribution in [3.8, 4) is 0 Å². The van der Waals surface area contributed by atoms with Gasteiger partial charge >= 0.3 is 6.18 Å². The molecule has 198 valence electrons. The van der Waals surface area contributed by atoms with E-state index in [9.17, 15) is 31.6 Å². The standard InChI is InChI=1S/C24H24F3N3O4S3/c1-23(2)21(22(31)29-32)30(11-12-36-23)37(33,34)16-9-7-15(8-10-16)14-35-19-13-20(24(25,26)27)28-18-6-4-3-5-17(18)19/h3-10,13,21,32H,11-12,14H2,1-2H3,(H,29,31)/t21-/m0/s1. The van der Waals surface area contributed by atoms with Gasteiger partial charge in [-0.05, 0) is 43.7 Å². The fourth-order valence-electron chi connectivity index (χ4n) is 4.18. The molecule has 0 aliphatic carbocycles. The van der Waals surface area contributed by atoms with Gasteiger partial charge < -0.3 is 0 Å². The second-order valence-corrected chi connectivity index (χ2v) is 13.6. The number of rotatable bonds is 6. The van der Waals surface area contributed by atoms with Gasteiger partial charge in [0.25, 0.3) is 5.91 Å². The van der Waals surface area contributed by atoms with Crippen molar-refractivity contribution in [1.29, 1.82) is 0 Å². The Labute approximate surface area is 220 Å². The second-order valence-electron chi connectivity index (χ2n) is 8.90. The maximum atomic E-state index is 13.4. The summed E-state index contributed by atoms with van der Waals surface area (Å²) >= 11 is 2.64. The van der Waals surface area contributed by atoms with Crippen LogP contribution in [0.1, 0.15) is 25.1 Å². The first-order valence-electron chi connectivity index (χ1n) is 11.1. The lowest BCUT2D eigenvalue weighted by Crippen LogP contribution is -2.61. The number of fused-ring (bicyclic) bond motifs is 1. The quantitative estimate of drug-likeness (QED) is 0.246. The summed E-state index contributed by atoms with van der Waals surface area (Å²) in [4.78, 5) is 16.5. The van der Waals surface area contributed by atoms with Crippen LogP contribution in [0.15, 0.2) is 64.4 Å². The van der Waals surface area contributed by atoms with Crippen LogP contribution in [0, 0.1) is 0 Å². The van der Waals surface area contributed by atoms with Gasteiger partial charge in [0.05, 0.1) is 10.4 Å².